The Hall–Kier alpha value is -3.04. The third kappa shape index (κ3) is 4.42. The van der Waals surface area contributed by atoms with Crippen LogP contribution in [0, 0.1) is 6.92 Å². The van der Waals surface area contributed by atoms with E-state index in [9.17, 15) is 13.2 Å². The molecule has 0 spiro atoms. The Labute approximate surface area is 178 Å². The lowest BCUT2D eigenvalue weighted by Gasteiger charge is -2.09. The number of ether oxygens (including phenoxy) is 2. The van der Waals surface area contributed by atoms with Crippen molar-refractivity contribution in [1.29, 1.82) is 0 Å². The molecule has 0 unspecified atom stereocenters. The first-order valence-electron chi connectivity index (χ1n) is 9.05. The minimum atomic E-state index is -3.95. The first-order chi connectivity index (χ1) is 14.4. The molecule has 2 aliphatic rings. The van der Waals surface area contributed by atoms with E-state index < -0.39 is 15.9 Å². The lowest BCUT2D eigenvalue weighted by Crippen LogP contribution is -2.21. The van der Waals surface area contributed by atoms with Gasteiger partial charge in [-0.25, -0.2) is 0 Å². The topological polar surface area (TPSA) is 94.1 Å². The fourth-order valence-corrected chi connectivity index (χ4v) is 4.98. The predicted octanol–water partition coefficient (Wildman–Crippen LogP) is 3.25. The van der Waals surface area contributed by atoms with E-state index in [-0.39, 0.29) is 16.9 Å². The number of rotatable bonds is 5. The molecule has 1 saturated heterocycles. The highest BCUT2D eigenvalue weighted by Crippen LogP contribution is 2.34. The Morgan fingerprint density at radius 3 is 2.53 bits per heavy atom. The van der Waals surface area contributed by atoms with Crippen molar-refractivity contribution in [2.45, 2.75) is 18.2 Å². The van der Waals surface area contributed by atoms with E-state index in [4.69, 9.17) is 9.47 Å². The smallest absolute Gasteiger partial charge is 0.284 e. The highest BCUT2D eigenvalue weighted by molar-refractivity contribution is 8.19. The van der Waals surface area contributed by atoms with Gasteiger partial charge in [-0.3, -0.25) is 10.1 Å². The first-order valence-corrected chi connectivity index (χ1v) is 11.3. The van der Waals surface area contributed by atoms with Gasteiger partial charge in [0.15, 0.2) is 10.9 Å². The van der Waals surface area contributed by atoms with E-state index in [2.05, 4.69) is 9.71 Å². The summed E-state index contributed by atoms with van der Waals surface area (Å²) in [7, 11) is -3.95. The van der Waals surface area contributed by atoms with Crippen LogP contribution >= 0.6 is 11.8 Å². The van der Waals surface area contributed by atoms with Crippen LogP contribution in [0.3, 0.4) is 0 Å². The number of amides is 1. The van der Waals surface area contributed by atoms with Crippen molar-refractivity contribution in [3.05, 3.63) is 88.2 Å². The van der Waals surface area contributed by atoms with Crippen LogP contribution in [0.25, 0.3) is 0 Å². The second-order valence-corrected chi connectivity index (χ2v) is 9.22. The van der Waals surface area contributed by atoms with Crippen molar-refractivity contribution >= 4 is 32.9 Å². The van der Waals surface area contributed by atoms with Gasteiger partial charge in [-0.1, -0.05) is 48.0 Å². The summed E-state index contributed by atoms with van der Waals surface area (Å²) in [4.78, 5) is 13.0. The molecule has 1 fully saturated rings. The molecule has 4 rings (SSSR count). The number of allylic oxidation sites excluding steroid dienone is 1. The molecule has 0 atom stereocenters. The SMILES string of the molecule is Cc1ccc(S(=O)(=O)N=C2NC(=O)C(=C(Cc3ccccc3)C3=COCO3)S2)cc1. The Balaban J connectivity index is 1.68. The number of benzene rings is 2. The van der Waals surface area contributed by atoms with Crippen LogP contribution in [0.2, 0.25) is 0 Å². The molecule has 154 valence electrons. The third-order valence-electron chi connectivity index (χ3n) is 4.42. The fourth-order valence-electron chi connectivity index (χ4n) is 2.91. The van der Waals surface area contributed by atoms with Gasteiger partial charge in [0.2, 0.25) is 6.79 Å². The highest BCUT2D eigenvalue weighted by atomic mass is 32.2. The molecule has 1 amide bonds. The summed E-state index contributed by atoms with van der Waals surface area (Å²) in [6.07, 6.45) is 1.88. The quantitative estimate of drug-likeness (QED) is 0.715. The Bertz CT molecular complexity index is 1170. The number of sulfonamides is 1. The molecule has 30 heavy (non-hydrogen) atoms. The summed E-state index contributed by atoms with van der Waals surface area (Å²) in [5.41, 5.74) is 2.52. The molecule has 2 heterocycles. The highest BCUT2D eigenvalue weighted by Gasteiger charge is 2.32. The minimum Gasteiger partial charge on any atom is -0.461 e. The number of hydrogen-bond acceptors (Lipinski definition) is 6. The summed E-state index contributed by atoms with van der Waals surface area (Å²) < 4.78 is 39.7. The van der Waals surface area contributed by atoms with Crippen LogP contribution in [-0.4, -0.2) is 26.3 Å². The van der Waals surface area contributed by atoms with Crippen LogP contribution in [0.4, 0.5) is 0 Å². The van der Waals surface area contributed by atoms with E-state index in [1.54, 1.807) is 12.1 Å². The van der Waals surface area contributed by atoms with Crippen molar-refractivity contribution < 1.29 is 22.7 Å². The molecule has 0 aliphatic carbocycles. The van der Waals surface area contributed by atoms with E-state index in [0.29, 0.717) is 22.7 Å². The lowest BCUT2D eigenvalue weighted by molar-refractivity contribution is -0.115. The zero-order valence-electron chi connectivity index (χ0n) is 16.0. The number of carbonyl (C=O) groups excluding carboxylic acids is 1. The molecule has 0 bridgehead atoms. The molecule has 7 nitrogen and oxygen atoms in total. The van der Waals surface area contributed by atoms with Gasteiger partial charge in [0.05, 0.1) is 9.80 Å². The molecule has 0 saturated carbocycles. The maximum atomic E-state index is 12.7. The van der Waals surface area contributed by atoms with E-state index in [0.717, 1.165) is 22.9 Å². The number of nitrogens with zero attached hydrogens (tertiary/aromatic N) is 1. The van der Waals surface area contributed by atoms with Crippen LogP contribution < -0.4 is 5.32 Å². The molecule has 2 aliphatic heterocycles. The van der Waals surface area contributed by atoms with E-state index in [1.807, 2.05) is 37.3 Å². The fraction of sp³-hybridized carbons (Fsp3) is 0.143. The average Bonchev–Trinajstić information content (AvgIpc) is 3.37. The van der Waals surface area contributed by atoms with Gasteiger partial charge in [-0.2, -0.15) is 8.42 Å². The van der Waals surface area contributed by atoms with Crippen LogP contribution in [0.1, 0.15) is 11.1 Å². The van der Waals surface area contributed by atoms with Gasteiger partial charge in [0.25, 0.3) is 15.9 Å². The molecule has 9 heteroatoms. The Morgan fingerprint density at radius 2 is 1.87 bits per heavy atom. The zero-order chi connectivity index (χ0) is 21.1. The monoisotopic (exact) mass is 442 g/mol. The van der Waals surface area contributed by atoms with Gasteiger partial charge in [-0.15, -0.1) is 4.40 Å². The standard InChI is InChI=1S/C21H18N2O5S2/c1-14-7-9-16(10-8-14)30(25,26)23-21-22-20(24)19(29-21)17(18-12-27-13-28-18)11-15-5-3-2-4-6-15/h2-10,12H,11,13H2,1H3,(H,22,23,24). The Kier molecular flexibility index (Phi) is 5.65. The third-order valence-corrected chi connectivity index (χ3v) is 6.84. The summed E-state index contributed by atoms with van der Waals surface area (Å²) in [5.74, 6) is 0.0133. The Morgan fingerprint density at radius 1 is 1.13 bits per heavy atom. The number of thioether (sulfide) groups is 1. The maximum Gasteiger partial charge on any atom is 0.284 e. The summed E-state index contributed by atoms with van der Waals surface area (Å²) in [6, 6.07) is 16.0. The van der Waals surface area contributed by atoms with Crippen LogP contribution in [-0.2, 0) is 30.7 Å². The first kappa shape index (κ1) is 20.2. The maximum absolute atomic E-state index is 12.7. The van der Waals surface area contributed by atoms with Crippen molar-refractivity contribution in [3.63, 3.8) is 0 Å². The molecule has 2 aromatic rings. The van der Waals surface area contributed by atoms with Gasteiger partial charge in [0.1, 0.15) is 6.26 Å². The number of carbonyl (C=O) groups is 1. The number of hydrogen-bond donors (Lipinski definition) is 1. The number of aryl methyl sites for hydroxylation is 1. The van der Waals surface area contributed by atoms with Crippen molar-refractivity contribution in [2.24, 2.45) is 4.40 Å². The molecule has 2 aromatic carbocycles. The average molecular weight is 443 g/mol. The number of nitrogens with one attached hydrogen (secondary N) is 1. The zero-order valence-corrected chi connectivity index (χ0v) is 17.6. The number of amidine groups is 1. The lowest BCUT2D eigenvalue weighted by atomic mass is 10.0. The van der Waals surface area contributed by atoms with Crippen LogP contribution in [0.15, 0.2) is 86.4 Å². The van der Waals surface area contributed by atoms with Crippen LogP contribution in [0.5, 0.6) is 0 Å². The molecular weight excluding hydrogens is 424 g/mol. The molecular formula is C21H18N2O5S2. The molecule has 1 N–H and O–H groups in total. The predicted molar refractivity (Wildman–Crippen MR) is 114 cm³/mol. The summed E-state index contributed by atoms with van der Waals surface area (Å²) >= 11 is 0.971. The van der Waals surface area contributed by atoms with Gasteiger partial charge in [0, 0.05) is 12.0 Å². The van der Waals surface area contributed by atoms with E-state index in [1.165, 1.54) is 18.4 Å². The summed E-state index contributed by atoms with van der Waals surface area (Å²) in [6.45, 7) is 1.93. The summed E-state index contributed by atoms with van der Waals surface area (Å²) in [5, 5.41) is 2.54. The van der Waals surface area contributed by atoms with Gasteiger partial charge < -0.3 is 9.47 Å². The van der Waals surface area contributed by atoms with Gasteiger partial charge >= 0.3 is 0 Å². The van der Waals surface area contributed by atoms with Gasteiger partial charge in [-0.05, 0) is 36.4 Å². The van der Waals surface area contributed by atoms with Crippen molar-refractivity contribution in [1.82, 2.24) is 5.32 Å². The van der Waals surface area contributed by atoms with Crippen molar-refractivity contribution in [2.75, 3.05) is 6.79 Å². The second kappa shape index (κ2) is 8.37. The minimum absolute atomic E-state index is 0.000604. The largest absolute Gasteiger partial charge is 0.461 e. The normalized spacial score (nSPS) is 19.2. The molecule has 0 aromatic heterocycles. The van der Waals surface area contributed by atoms with Crippen molar-refractivity contribution in [3.8, 4) is 0 Å². The van der Waals surface area contributed by atoms with E-state index >= 15 is 0 Å². The molecule has 0 radical (unpaired) electrons. The second-order valence-electron chi connectivity index (χ2n) is 6.62.